The molecule has 0 spiro atoms. The average molecular weight is 318 g/mol. The van der Waals surface area contributed by atoms with E-state index in [2.05, 4.69) is 13.8 Å². The van der Waals surface area contributed by atoms with Crippen molar-refractivity contribution in [3.63, 3.8) is 0 Å². The van der Waals surface area contributed by atoms with Crippen LogP contribution < -0.4 is 4.90 Å². The van der Waals surface area contributed by atoms with Crippen LogP contribution in [0.5, 0.6) is 0 Å². The van der Waals surface area contributed by atoms with Gasteiger partial charge in [0.25, 0.3) is 5.91 Å². The Morgan fingerprint density at radius 1 is 1.39 bits per heavy atom. The Bertz CT molecular complexity index is 557. The lowest BCUT2D eigenvalue weighted by molar-refractivity contribution is -0.117. The molecule has 5 heteroatoms. The van der Waals surface area contributed by atoms with Gasteiger partial charge in [-0.05, 0) is 30.5 Å². The molecule has 1 saturated heterocycles. The summed E-state index contributed by atoms with van der Waals surface area (Å²) in [6.07, 6.45) is 1.47. The standard InChI is InChI=1S/C18H26N2O3/c1-14(2)13-19(10-11-23-3)18(22)15-6-4-7-16(12-15)20-9-5-8-17(20)21/h4,6-7,12,14H,5,8-11,13H2,1-3H3. The minimum absolute atomic E-state index is 0.00996. The van der Waals surface area contributed by atoms with Gasteiger partial charge in [-0.25, -0.2) is 0 Å². The summed E-state index contributed by atoms with van der Waals surface area (Å²) >= 11 is 0. The first-order valence-electron chi connectivity index (χ1n) is 8.21. The van der Waals surface area contributed by atoms with Gasteiger partial charge >= 0.3 is 0 Å². The van der Waals surface area contributed by atoms with Crippen molar-refractivity contribution in [1.29, 1.82) is 0 Å². The van der Waals surface area contributed by atoms with Gasteiger partial charge in [-0.15, -0.1) is 0 Å². The summed E-state index contributed by atoms with van der Waals surface area (Å²) in [5.74, 6) is 0.511. The predicted octanol–water partition coefficient (Wildman–Crippen LogP) is 2.56. The summed E-state index contributed by atoms with van der Waals surface area (Å²) in [7, 11) is 1.64. The zero-order valence-corrected chi connectivity index (χ0v) is 14.2. The Morgan fingerprint density at radius 3 is 2.78 bits per heavy atom. The lowest BCUT2D eigenvalue weighted by atomic mass is 10.1. The monoisotopic (exact) mass is 318 g/mol. The number of hydrogen-bond acceptors (Lipinski definition) is 3. The van der Waals surface area contributed by atoms with E-state index < -0.39 is 0 Å². The van der Waals surface area contributed by atoms with Crippen LogP contribution in [0.2, 0.25) is 0 Å². The number of carbonyl (C=O) groups is 2. The number of amides is 2. The summed E-state index contributed by atoms with van der Waals surface area (Å²) in [4.78, 5) is 28.3. The fourth-order valence-electron chi connectivity index (χ4n) is 2.83. The number of benzene rings is 1. The van der Waals surface area contributed by atoms with Gasteiger partial charge in [-0.2, -0.15) is 0 Å². The van der Waals surface area contributed by atoms with E-state index in [0.717, 1.165) is 18.7 Å². The second kappa shape index (κ2) is 8.11. The Balaban J connectivity index is 2.17. The normalized spacial score (nSPS) is 14.6. The van der Waals surface area contributed by atoms with E-state index in [0.29, 0.717) is 37.6 Å². The van der Waals surface area contributed by atoms with E-state index in [4.69, 9.17) is 4.74 Å². The fourth-order valence-corrected chi connectivity index (χ4v) is 2.83. The molecule has 0 aromatic heterocycles. The van der Waals surface area contributed by atoms with Crippen LogP contribution in [0.3, 0.4) is 0 Å². The lowest BCUT2D eigenvalue weighted by Crippen LogP contribution is -2.36. The highest BCUT2D eigenvalue weighted by Gasteiger charge is 2.23. The first-order chi connectivity index (χ1) is 11.0. The van der Waals surface area contributed by atoms with Crippen molar-refractivity contribution in [3.8, 4) is 0 Å². The maximum atomic E-state index is 12.8. The third-order valence-electron chi connectivity index (χ3n) is 3.92. The molecule has 0 radical (unpaired) electrons. The second-order valence-corrected chi connectivity index (χ2v) is 6.34. The van der Waals surface area contributed by atoms with E-state index in [1.807, 2.05) is 29.2 Å². The molecule has 1 aromatic carbocycles. The molecule has 0 unspecified atom stereocenters. The number of rotatable bonds is 7. The van der Waals surface area contributed by atoms with Crippen LogP contribution in [0.25, 0.3) is 0 Å². The predicted molar refractivity (Wildman–Crippen MR) is 90.6 cm³/mol. The Labute approximate surface area is 138 Å². The van der Waals surface area contributed by atoms with Crippen LogP contribution >= 0.6 is 0 Å². The molecule has 0 atom stereocenters. The van der Waals surface area contributed by atoms with E-state index >= 15 is 0 Å². The maximum absolute atomic E-state index is 12.8. The average Bonchev–Trinajstić information content (AvgIpc) is 2.96. The molecule has 1 aromatic rings. The molecular weight excluding hydrogens is 292 g/mol. The summed E-state index contributed by atoms with van der Waals surface area (Å²) in [6, 6.07) is 7.37. The molecule has 1 aliphatic rings. The third-order valence-corrected chi connectivity index (χ3v) is 3.92. The van der Waals surface area contributed by atoms with Crippen molar-refractivity contribution in [2.24, 2.45) is 5.92 Å². The number of methoxy groups -OCH3 is 1. The third kappa shape index (κ3) is 4.55. The van der Waals surface area contributed by atoms with E-state index in [-0.39, 0.29) is 11.8 Å². The topological polar surface area (TPSA) is 49.9 Å². The molecule has 126 valence electrons. The zero-order chi connectivity index (χ0) is 16.8. The first kappa shape index (κ1) is 17.5. The van der Waals surface area contributed by atoms with E-state index in [1.54, 1.807) is 12.0 Å². The van der Waals surface area contributed by atoms with Gasteiger partial charge < -0.3 is 14.5 Å². The highest BCUT2D eigenvalue weighted by molar-refractivity contribution is 5.99. The van der Waals surface area contributed by atoms with Gasteiger partial charge in [0.2, 0.25) is 5.91 Å². The molecule has 0 aliphatic carbocycles. The Hall–Kier alpha value is -1.88. The summed E-state index contributed by atoms with van der Waals surface area (Å²) < 4.78 is 5.11. The molecule has 1 heterocycles. The van der Waals surface area contributed by atoms with Gasteiger partial charge in [0.05, 0.1) is 6.61 Å². The highest BCUT2D eigenvalue weighted by Crippen LogP contribution is 2.23. The van der Waals surface area contributed by atoms with Gasteiger partial charge in [0.1, 0.15) is 0 Å². The SMILES string of the molecule is COCCN(CC(C)C)C(=O)c1cccc(N2CCCC2=O)c1. The molecule has 0 bridgehead atoms. The van der Waals surface area contributed by atoms with Crippen LogP contribution in [0, 0.1) is 5.92 Å². The van der Waals surface area contributed by atoms with E-state index in [9.17, 15) is 9.59 Å². The summed E-state index contributed by atoms with van der Waals surface area (Å²) in [6.45, 7) is 6.69. The largest absolute Gasteiger partial charge is 0.383 e. The smallest absolute Gasteiger partial charge is 0.254 e. The second-order valence-electron chi connectivity index (χ2n) is 6.34. The van der Waals surface area contributed by atoms with E-state index in [1.165, 1.54) is 0 Å². The molecule has 0 saturated carbocycles. The summed E-state index contributed by atoms with van der Waals surface area (Å²) in [5.41, 5.74) is 1.44. The number of carbonyl (C=O) groups excluding carboxylic acids is 2. The number of ether oxygens (including phenoxy) is 1. The van der Waals surface area contributed by atoms with Gasteiger partial charge in [-0.1, -0.05) is 19.9 Å². The lowest BCUT2D eigenvalue weighted by Gasteiger charge is -2.25. The van der Waals surface area contributed by atoms with Crippen LogP contribution in [0.1, 0.15) is 37.0 Å². The number of anilines is 1. The molecule has 5 nitrogen and oxygen atoms in total. The Kier molecular flexibility index (Phi) is 6.16. The number of nitrogens with zero attached hydrogens (tertiary/aromatic N) is 2. The molecule has 2 rings (SSSR count). The van der Waals surface area contributed by atoms with Crippen LogP contribution in [0.4, 0.5) is 5.69 Å². The summed E-state index contributed by atoms with van der Waals surface area (Å²) in [5, 5.41) is 0. The minimum atomic E-state index is -0.00996. The minimum Gasteiger partial charge on any atom is -0.383 e. The van der Waals surface area contributed by atoms with Crippen LogP contribution in [-0.4, -0.2) is 50.1 Å². The highest BCUT2D eigenvalue weighted by atomic mass is 16.5. The van der Waals surface area contributed by atoms with Crippen molar-refractivity contribution in [2.45, 2.75) is 26.7 Å². The molecule has 23 heavy (non-hydrogen) atoms. The maximum Gasteiger partial charge on any atom is 0.254 e. The van der Waals surface area contributed by atoms with Crippen molar-refractivity contribution < 1.29 is 14.3 Å². The van der Waals surface area contributed by atoms with Crippen molar-refractivity contribution in [1.82, 2.24) is 4.90 Å². The quantitative estimate of drug-likeness (QED) is 0.776. The molecule has 1 fully saturated rings. The first-order valence-corrected chi connectivity index (χ1v) is 8.21. The molecular formula is C18H26N2O3. The van der Waals surface area contributed by atoms with Crippen molar-refractivity contribution in [3.05, 3.63) is 29.8 Å². The molecule has 1 aliphatic heterocycles. The number of hydrogen-bond donors (Lipinski definition) is 0. The van der Waals surface area contributed by atoms with Crippen LogP contribution in [-0.2, 0) is 9.53 Å². The molecule has 2 amide bonds. The van der Waals surface area contributed by atoms with Gasteiger partial charge in [0.15, 0.2) is 0 Å². The fraction of sp³-hybridized carbons (Fsp3) is 0.556. The van der Waals surface area contributed by atoms with Gasteiger partial charge in [-0.3, -0.25) is 9.59 Å². The molecule has 0 N–H and O–H groups in total. The zero-order valence-electron chi connectivity index (χ0n) is 14.2. The Morgan fingerprint density at radius 2 is 2.17 bits per heavy atom. The van der Waals surface area contributed by atoms with Gasteiger partial charge in [0, 0.05) is 44.4 Å². The van der Waals surface area contributed by atoms with Crippen molar-refractivity contribution >= 4 is 17.5 Å². The van der Waals surface area contributed by atoms with Crippen LogP contribution in [0.15, 0.2) is 24.3 Å². The van der Waals surface area contributed by atoms with Crippen molar-refractivity contribution in [2.75, 3.05) is 38.3 Å².